The second kappa shape index (κ2) is 5.09. The summed E-state index contributed by atoms with van der Waals surface area (Å²) in [5.41, 5.74) is 1.81. The molecule has 1 N–H and O–H groups in total. The van der Waals surface area contributed by atoms with Crippen LogP contribution in [0.25, 0.3) is 10.2 Å². The van der Waals surface area contributed by atoms with Crippen molar-refractivity contribution in [1.29, 1.82) is 0 Å². The number of aliphatic hydroxyl groups excluding tert-OH is 1. The smallest absolute Gasteiger partial charge is 0.0914 e. The van der Waals surface area contributed by atoms with Gasteiger partial charge in [0.2, 0.25) is 0 Å². The number of aliphatic hydroxyl groups is 1. The van der Waals surface area contributed by atoms with E-state index in [1.54, 1.807) is 17.5 Å². The van der Waals surface area contributed by atoms with Gasteiger partial charge >= 0.3 is 0 Å². The van der Waals surface area contributed by atoms with Crippen molar-refractivity contribution < 1.29 is 5.11 Å². The molecule has 0 aliphatic heterocycles. The van der Waals surface area contributed by atoms with Gasteiger partial charge in [-0.25, -0.2) is 0 Å². The molecule has 1 atom stereocenters. The molecule has 2 rings (SSSR count). The molecule has 0 bridgehead atoms. The van der Waals surface area contributed by atoms with Gasteiger partial charge in [-0.3, -0.25) is 4.98 Å². The van der Waals surface area contributed by atoms with Gasteiger partial charge in [-0.1, -0.05) is 11.8 Å². The van der Waals surface area contributed by atoms with E-state index >= 15 is 0 Å². The minimum atomic E-state index is -0.557. The van der Waals surface area contributed by atoms with Crippen molar-refractivity contribution in [2.75, 3.05) is 0 Å². The molecule has 0 aliphatic rings. The number of hydrogen-bond donors (Lipinski definition) is 1. The fraction of sp³-hybridized carbons (Fsp3) is 0.400. The molecule has 0 saturated carbocycles. The number of rotatable bonds is 2. The zero-order chi connectivity index (χ0) is 13.2. The summed E-state index contributed by atoms with van der Waals surface area (Å²) in [6.45, 7) is 6.18. The van der Waals surface area contributed by atoms with Crippen LogP contribution in [0.5, 0.6) is 0 Å². The molecule has 0 aromatic carbocycles. The van der Waals surface area contributed by atoms with E-state index in [1.807, 2.05) is 17.5 Å². The predicted molar refractivity (Wildman–Crippen MR) is 76.4 cm³/mol. The second-order valence-electron chi connectivity index (χ2n) is 5.34. The van der Waals surface area contributed by atoms with E-state index in [4.69, 9.17) is 0 Å². The van der Waals surface area contributed by atoms with Crippen LogP contribution in [0, 0.1) is 17.3 Å². The normalized spacial score (nSPS) is 13.1. The van der Waals surface area contributed by atoms with Crippen LogP contribution in [-0.2, 0) is 0 Å². The fourth-order valence-electron chi connectivity index (χ4n) is 1.57. The Morgan fingerprint density at radius 2 is 2.22 bits per heavy atom. The van der Waals surface area contributed by atoms with Gasteiger partial charge in [0, 0.05) is 23.6 Å². The third kappa shape index (κ3) is 3.32. The Morgan fingerprint density at radius 3 is 2.94 bits per heavy atom. The molecule has 2 heterocycles. The molecule has 18 heavy (non-hydrogen) atoms. The van der Waals surface area contributed by atoms with Crippen molar-refractivity contribution in [3.05, 3.63) is 29.3 Å². The summed E-state index contributed by atoms with van der Waals surface area (Å²) in [7, 11) is 0. The standard InChI is InChI=1S/C15H17NOS/c1-15(2,3)7-4-5-13(17)11-9-14-12(16-10-11)6-8-18-14/h6,8-10,13,17H,5H2,1-3H3. The first-order valence-corrected chi connectivity index (χ1v) is 6.85. The van der Waals surface area contributed by atoms with Crippen LogP contribution in [0.15, 0.2) is 23.7 Å². The van der Waals surface area contributed by atoms with Crippen LogP contribution >= 0.6 is 11.3 Å². The summed E-state index contributed by atoms with van der Waals surface area (Å²) in [6.07, 6.45) is 1.63. The van der Waals surface area contributed by atoms with Gasteiger partial charge < -0.3 is 5.11 Å². The number of fused-ring (bicyclic) bond motifs is 1. The quantitative estimate of drug-likeness (QED) is 0.833. The Balaban J connectivity index is 2.12. The maximum absolute atomic E-state index is 10.1. The molecule has 0 saturated heterocycles. The van der Waals surface area contributed by atoms with Crippen LogP contribution in [-0.4, -0.2) is 10.1 Å². The van der Waals surface area contributed by atoms with E-state index in [0.29, 0.717) is 6.42 Å². The largest absolute Gasteiger partial charge is 0.387 e. The highest BCUT2D eigenvalue weighted by Crippen LogP contribution is 2.24. The van der Waals surface area contributed by atoms with Crippen LogP contribution in [0.3, 0.4) is 0 Å². The molecule has 1 unspecified atom stereocenters. The first kappa shape index (κ1) is 13.1. The van der Waals surface area contributed by atoms with E-state index in [-0.39, 0.29) is 5.41 Å². The summed E-state index contributed by atoms with van der Waals surface area (Å²) in [5.74, 6) is 6.17. The van der Waals surface area contributed by atoms with E-state index in [9.17, 15) is 5.11 Å². The van der Waals surface area contributed by atoms with E-state index in [2.05, 4.69) is 37.6 Å². The zero-order valence-electron chi connectivity index (χ0n) is 10.9. The van der Waals surface area contributed by atoms with Crippen LogP contribution in [0.1, 0.15) is 38.9 Å². The van der Waals surface area contributed by atoms with Crippen molar-refractivity contribution in [3.63, 3.8) is 0 Å². The number of hydrogen-bond acceptors (Lipinski definition) is 3. The van der Waals surface area contributed by atoms with Crippen LogP contribution in [0.2, 0.25) is 0 Å². The van der Waals surface area contributed by atoms with Gasteiger partial charge in [0.1, 0.15) is 0 Å². The molecule has 94 valence electrons. The summed E-state index contributed by atoms with van der Waals surface area (Å²) in [4.78, 5) is 4.32. The van der Waals surface area contributed by atoms with Gasteiger partial charge in [0.05, 0.1) is 16.3 Å². The lowest BCUT2D eigenvalue weighted by atomic mass is 9.97. The van der Waals surface area contributed by atoms with Gasteiger partial charge in [0.25, 0.3) is 0 Å². The van der Waals surface area contributed by atoms with Gasteiger partial charge in [0.15, 0.2) is 0 Å². The van der Waals surface area contributed by atoms with E-state index in [1.165, 1.54) is 0 Å². The fourth-order valence-corrected chi connectivity index (χ4v) is 2.36. The van der Waals surface area contributed by atoms with E-state index < -0.39 is 6.10 Å². The topological polar surface area (TPSA) is 33.1 Å². The third-order valence-corrected chi connectivity index (χ3v) is 3.32. The third-order valence-electron chi connectivity index (χ3n) is 2.47. The van der Waals surface area contributed by atoms with Gasteiger partial charge in [-0.15, -0.1) is 11.3 Å². The molecule has 2 aromatic rings. The van der Waals surface area contributed by atoms with Gasteiger partial charge in [-0.2, -0.15) is 0 Å². The van der Waals surface area contributed by atoms with Gasteiger partial charge in [-0.05, 0) is 38.3 Å². The minimum absolute atomic E-state index is 0.0182. The first-order valence-electron chi connectivity index (χ1n) is 5.97. The molecular weight excluding hydrogens is 242 g/mol. The lowest BCUT2D eigenvalue weighted by molar-refractivity contribution is 0.183. The van der Waals surface area contributed by atoms with Crippen LogP contribution < -0.4 is 0 Å². The average Bonchev–Trinajstić information content (AvgIpc) is 2.73. The number of pyridine rings is 1. The maximum atomic E-state index is 10.1. The molecule has 0 aliphatic carbocycles. The molecular formula is C15H17NOS. The summed E-state index contributed by atoms with van der Waals surface area (Å²) in [6, 6.07) is 3.98. The Bertz CT molecular complexity index is 598. The van der Waals surface area contributed by atoms with Crippen molar-refractivity contribution >= 4 is 21.6 Å². The van der Waals surface area contributed by atoms with Crippen molar-refractivity contribution in [2.45, 2.75) is 33.3 Å². The van der Waals surface area contributed by atoms with Crippen molar-refractivity contribution in [1.82, 2.24) is 4.98 Å². The predicted octanol–water partition coefficient (Wildman–Crippen LogP) is 3.77. The SMILES string of the molecule is CC(C)(C)C#CCC(O)c1cnc2ccsc2c1. The molecule has 2 aromatic heterocycles. The maximum Gasteiger partial charge on any atom is 0.0914 e. The minimum Gasteiger partial charge on any atom is -0.387 e. The monoisotopic (exact) mass is 259 g/mol. The average molecular weight is 259 g/mol. The highest BCUT2D eigenvalue weighted by molar-refractivity contribution is 7.17. The zero-order valence-corrected chi connectivity index (χ0v) is 11.7. The molecule has 0 fully saturated rings. The Labute approximate surface area is 112 Å². The first-order chi connectivity index (χ1) is 8.46. The lowest BCUT2D eigenvalue weighted by Crippen LogP contribution is -2.01. The number of thiophene rings is 1. The highest BCUT2D eigenvalue weighted by atomic mass is 32.1. The Hall–Kier alpha value is -1.37. The second-order valence-corrected chi connectivity index (χ2v) is 6.29. The molecule has 0 radical (unpaired) electrons. The van der Waals surface area contributed by atoms with E-state index in [0.717, 1.165) is 15.8 Å². The Morgan fingerprint density at radius 1 is 1.44 bits per heavy atom. The molecule has 0 spiro atoms. The number of nitrogens with zero attached hydrogens (tertiary/aromatic N) is 1. The number of aromatic nitrogens is 1. The molecule has 3 heteroatoms. The summed E-state index contributed by atoms with van der Waals surface area (Å²) >= 11 is 1.64. The van der Waals surface area contributed by atoms with Crippen LogP contribution in [0.4, 0.5) is 0 Å². The molecule has 2 nitrogen and oxygen atoms in total. The molecule has 0 amide bonds. The summed E-state index contributed by atoms with van der Waals surface area (Å²) in [5, 5.41) is 12.1. The van der Waals surface area contributed by atoms with Crippen molar-refractivity contribution in [3.8, 4) is 11.8 Å². The Kier molecular flexibility index (Phi) is 3.70. The highest BCUT2D eigenvalue weighted by Gasteiger charge is 2.09. The lowest BCUT2D eigenvalue weighted by Gasteiger charge is -2.09. The summed E-state index contributed by atoms with van der Waals surface area (Å²) < 4.78 is 1.11. The van der Waals surface area contributed by atoms with Crippen molar-refractivity contribution in [2.24, 2.45) is 5.41 Å².